The Morgan fingerprint density at radius 3 is 2.48 bits per heavy atom. The Bertz CT molecular complexity index is 696. The molecular formula is C20H26O3. The second-order valence-corrected chi connectivity index (χ2v) is 7.70. The number of aromatic hydroxyl groups is 1. The van der Waals surface area contributed by atoms with Crippen molar-refractivity contribution in [3.05, 3.63) is 36.4 Å². The summed E-state index contributed by atoms with van der Waals surface area (Å²) in [6.07, 6.45) is 0.787. The Hall–Kier alpha value is -2.03. The Morgan fingerprint density at radius 2 is 1.87 bits per heavy atom. The van der Waals surface area contributed by atoms with E-state index in [-0.39, 0.29) is 29.0 Å². The van der Waals surface area contributed by atoms with Crippen molar-refractivity contribution < 1.29 is 14.6 Å². The van der Waals surface area contributed by atoms with Gasteiger partial charge in [0.05, 0.1) is 5.92 Å². The van der Waals surface area contributed by atoms with Crippen LogP contribution in [0.25, 0.3) is 10.8 Å². The first kappa shape index (κ1) is 17.3. The van der Waals surface area contributed by atoms with Crippen molar-refractivity contribution >= 4 is 16.7 Å². The van der Waals surface area contributed by atoms with Crippen molar-refractivity contribution in [3.8, 4) is 11.5 Å². The van der Waals surface area contributed by atoms with Gasteiger partial charge in [-0.15, -0.1) is 0 Å². The fraction of sp³-hybridized carbons (Fsp3) is 0.450. The van der Waals surface area contributed by atoms with E-state index in [1.165, 1.54) is 0 Å². The first-order chi connectivity index (χ1) is 10.7. The quantitative estimate of drug-likeness (QED) is 0.626. The number of phenols is 1. The summed E-state index contributed by atoms with van der Waals surface area (Å²) in [7, 11) is 0. The number of hydrogen-bond donors (Lipinski definition) is 1. The first-order valence-electron chi connectivity index (χ1n) is 8.11. The van der Waals surface area contributed by atoms with Crippen molar-refractivity contribution in [2.75, 3.05) is 0 Å². The summed E-state index contributed by atoms with van der Waals surface area (Å²) in [5.41, 5.74) is 0.0680. The molecule has 0 bridgehead atoms. The zero-order chi connectivity index (χ0) is 17.2. The maximum Gasteiger partial charge on any atom is 0.314 e. The number of fused-ring (bicyclic) bond motifs is 1. The summed E-state index contributed by atoms with van der Waals surface area (Å²) < 4.78 is 5.72. The predicted molar refractivity (Wildman–Crippen MR) is 93.6 cm³/mol. The molecule has 2 aromatic rings. The van der Waals surface area contributed by atoms with E-state index in [0.29, 0.717) is 5.75 Å². The molecule has 3 heteroatoms. The van der Waals surface area contributed by atoms with E-state index >= 15 is 0 Å². The van der Waals surface area contributed by atoms with E-state index in [1.54, 1.807) is 24.3 Å². The van der Waals surface area contributed by atoms with Gasteiger partial charge < -0.3 is 9.84 Å². The summed E-state index contributed by atoms with van der Waals surface area (Å²) in [6, 6.07) is 10.6. The zero-order valence-electron chi connectivity index (χ0n) is 14.6. The molecule has 0 spiro atoms. The number of esters is 1. The fourth-order valence-corrected chi connectivity index (χ4v) is 2.77. The smallest absolute Gasteiger partial charge is 0.314 e. The summed E-state index contributed by atoms with van der Waals surface area (Å²) in [5.74, 6) is 0.652. The monoisotopic (exact) mass is 314 g/mol. The zero-order valence-corrected chi connectivity index (χ0v) is 14.6. The molecule has 0 amide bonds. The molecule has 0 saturated carbocycles. The van der Waals surface area contributed by atoms with E-state index in [9.17, 15) is 9.90 Å². The van der Waals surface area contributed by atoms with Gasteiger partial charge in [-0.3, -0.25) is 4.79 Å². The van der Waals surface area contributed by atoms with E-state index in [4.69, 9.17) is 4.74 Å². The molecule has 0 heterocycles. The Morgan fingerprint density at radius 1 is 1.17 bits per heavy atom. The molecule has 0 aliphatic heterocycles. The lowest BCUT2D eigenvalue weighted by molar-refractivity contribution is -0.141. The minimum Gasteiger partial charge on any atom is -0.508 e. The van der Waals surface area contributed by atoms with Crippen LogP contribution in [0.4, 0.5) is 0 Å². The molecule has 0 fully saturated rings. The molecule has 1 N–H and O–H groups in total. The van der Waals surface area contributed by atoms with Gasteiger partial charge >= 0.3 is 5.97 Å². The molecule has 1 unspecified atom stereocenters. The summed E-state index contributed by atoms with van der Waals surface area (Å²) >= 11 is 0. The molecule has 0 saturated heterocycles. The molecule has 0 aliphatic rings. The number of rotatable bonds is 4. The van der Waals surface area contributed by atoms with Gasteiger partial charge in [0.25, 0.3) is 0 Å². The molecule has 124 valence electrons. The van der Waals surface area contributed by atoms with Crippen molar-refractivity contribution in [1.29, 1.82) is 0 Å². The van der Waals surface area contributed by atoms with E-state index in [1.807, 2.05) is 12.1 Å². The molecule has 0 radical (unpaired) electrons. The second-order valence-electron chi connectivity index (χ2n) is 7.70. The van der Waals surface area contributed by atoms with Crippen LogP contribution in [-0.2, 0) is 4.79 Å². The fourth-order valence-electron chi connectivity index (χ4n) is 2.77. The number of hydrogen-bond acceptors (Lipinski definition) is 3. The van der Waals surface area contributed by atoms with Crippen LogP contribution in [0.15, 0.2) is 36.4 Å². The Labute approximate surface area is 138 Å². The Balaban J connectivity index is 2.28. The number of ether oxygens (including phenoxy) is 1. The summed E-state index contributed by atoms with van der Waals surface area (Å²) in [6.45, 7) is 10.5. The molecular weight excluding hydrogens is 288 g/mol. The summed E-state index contributed by atoms with van der Waals surface area (Å²) in [5, 5.41) is 11.3. The average molecular weight is 314 g/mol. The van der Waals surface area contributed by atoms with E-state index < -0.39 is 0 Å². The third-order valence-corrected chi connectivity index (χ3v) is 3.97. The lowest BCUT2D eigenvalue weighted by Crippen LogP contribution is -2.29. The number of benzene rings is 2. The largest absolute Gasteiger partial charge is 0.508 e. The van der Waals surface area contributed by atoms with Crippen LogP contribution in [0.2, 0.25) is 0 Å². The maximum atomic E-state index is 12.7. The first-order valence-corrected chi connectivity index (χ1v) is 8.11. The predicted octanol–water partition coefficient (Wildman–Crippen LogP) is 5.16. The van der Waals surface area contributed by atoms with Gasteiger partial charge in [-0.25, -0.2) is 0 Å². The highest BCUT2D eigenvalue weighted by Gasteiger charge is 2.29. The lowest BCUT2D eigenvalue weighted by Gasteiger charge is -2.27. The van der Waals surface area contributed by atoms with Crippen LogP contribution in [0.1, 0.15) is 41.0 Å². The molecule has 23 heavy (non-hydrogen) atoms. The molecule has 1 atom stereocenters. The number of carbonyl (C=O) groups excluding carboxylic acids is 1. The van der Waals surface area contributed by atoms with Crippen molar-refractivity contribution in [1.82, 2.24) is 0 Å². The van der Waals surface area contributed by atoms with Crippen LogP contribution in [-0.4, -0.2) is 11.1 Å². The van der Waals surface area contributed by atoms with Crippen LogP contribution in [0.5, 0.6) is 11.5 Å². The van der Waals surface area contributed by atoms with Crippen LogP contribution in [0, 0.1) is 17.3 Å². The number of carbonyl (C=O) groups is 1. The van der Waals surface area contributed by atoms with Crippen molar-refractivity contribution in [2.45, 2.75) is 41.0 Å². The highest BCUT2D eigenvalue weighted by molar-refractivity contribution is 5.91. The van der Waals surface area contributed by atoms with Gasteiger partial charge in [-0.1, -0.05) is 46.8 Å². The van der Waals surface area contributed by atoms with Crippen molar-refractivity contribution in [3.63, 3.8) is 0 Å². The highest BCUT2D eigenvalue weighted by Crippen LogP contribution is 2.32. The van der Waals surface area contributed by atoms with Crippen LogP contribution >= 0.6 is 0 Å². The summed E-state index contributed by atoms with van der Waals surface area (Å²) in [4.78, 5) is 12.7. The van der Waals surface area contributed by atoms with Crippen molar-refractivity contribution in [2.24, 2.45) is 17.3 Å². The van der Waals surface area contributed by atoms with Gasteiger partial charge in [0.2, 0.25) is 0 Å². The molecule has 0 aliphatic carbocycles. The highest BCUT2D eigenvalue weighted by atomic mass is 16.5. The average Bonchev–Trinajstić information content (AvgIpc) is 2.43. The molecule has 3 nitrogen and oxygen atoms in total. The molecule has 2 aromatic carbocycles. The van der Waals surface area contributed by atoms with Gasteiger partial charge in [0, 0.05) is 5.39 Å². The van der Waals surface area contributed by atoms with Gasteiger partial charge in [0.15, 0.2) is 0 Å². The Kier molecular flexibility index (Phi) is 4.98. The lowest BCUT2D eigenvalue weighted by atomic mass is 9.80. The molecule has 0 aromatic heterocycles. The van der Waals surface area contributed by atoms with Gasteiger partial charge in [0.1, 0.15) is 11.5 Å². The van der Waals surface area contributed by atoms with E-state index in [0.717, 1.165) is 17.2 Å². The molecule has 2 rings (SSSR count). The van der Waals surface area contributed by atoms with Crippen LogP contribution in [0.3, 0.4) is 0 Å². The van der Waals surface area contributed by atoms with E-state index in [2.05, 4.69) is 34.6 Å². The maximum absolute atomic E-state index is 12.7. The second kappa shape index (κ2) is 6.61. The third kappa shape index (κ3) is 4.47. The SMILES string of the molecule is CC(C)C(CC(C)(C)C)C(=O)Oc1cccc2cc(O)ccc12. The standard InChI is InChI=1S/C20H26O3/c1-13(2)17(12-20(3,4)5)19(22)23-18-8-6-7-14-11-15(21)9-10-16(14)18/h6-11,13,17,21H,12H2,1-5H3. The normalized spacial score (nSPS) is 13.3. The van der Waals surface area contributed by atoms with Gasteiger partial charge in [-0.05, 0) is 47.4 Å². The number of phenolic OH excluding ortho intramolecular Hbond substituents is 1. The third-order valence-electron chi connectivity index (χ3n) is 3.97. The minimum atomic E-state index is -0.185. The van der Waals surface area contributed by atoms with Crippen LogP contribution < -0.4 is 4.74 Å². The van der Waals surface area contributed by atoms with Gasteiger partial charge in [-0.2, -0.15) is 0 Å². The topological polar surface area (TPSA) is 46.5 Å². The minimum absolute atomic E-state index is 0.0680.